The fourth-order valence-corrected chi connectivity index (χ4v) is 3.32. The van der Waals surface area contributed by atoms with Crippen LogP contribution in [0.3, 0.4) is 0 Å². The van der Waals surface area contributed by atoms with Gasteiger partial charge in [0.1, 0.15) is 5.75 Å². The topological polar surface area (TPSA) is 61.4 Å². The van der Waals surface area contributed by atoms with E-state index in [0.717, 1.165) is 12.0 Å². The van der Waals surface area contributed by atoms with E-state index >= 15 is 0 Å². The molecule has 4 nitrogen and oxygen atoms in total. The van der Waals surface area contributed by atoms with Gasteiger partial charge in [-0.3, -0.25) is 0 Å². The van der Waals surface area contributed by atoms with E-state index < -0.39 is 0 Å². The molecule has 144 valence electrons. The summed E-state index contributed by atoms with van der Waals surface area (Å²) in [7, 11) is 0. The molecule has 0 saturated carbocycles. The lowest BCUT2D eigenvalue weighted by molar-refractivity contribution is 0.241. The van der Waals surface area contributed by atoms with Gasteiger partial charge in [-0.25, -0.2) is 4.79 Å². The van der Waals surface area contributed by atoms with Crippen molar-refractivity contribution in [1.29, 1.82) is 0 Å². The van der Waals surface area contributed by atoms with Gasteiger partial charge in [-0.1, -0.05) is 72.8 Å². The summed E-state index contributed by atoms with van der Waals surface area (Å²) in [6, 6.07) is 27.7. The van der Waals surface area contributed by atoms with Crippen LogP contribution in [-0.2, 0) is 6.42 Å². The second-order valence-corrected chi connectivity index (χ2v) is 6.77. The molecular formula is C24H26N2O2. The second-order valence-electron chi connectivity index (χ2n) is 6.77. The van der Waals surface area contributed by atoms with Gasteiger partial charge in [0.2, 0.25) is 0 Å². The zero-order valence-corrected chi connectivity index (χ0v) is 15.8. The maximum absolute atomic E-state index is 12.1. The Bertz CT molecular complexity index is 827. The van der Waals surface area contributed by atoms with Gasteiger partial charge < -0.3 is 15.7 Å². The maximum Gasteiger partial charge on any atom is 0.314 e. The Morgan fingerprint density at radius 1 is 0.786 bits per heavy atom. The van der Waals surface area contributed by atoms with Crippen molar-refractivity contribution < 1.29 is 9.90 Å². The second kappa shape index (κ2) is 10.2. The van der Waals surface area contributed by atoms with Gasteiger partial charge in [0.05, 0.1) is 0 Å². The number of aromatic hydroxyl groups is 1. The number of hydrogen-bond donors (Lipinski definition) is 3. The van der Waals surface area contributed by atoms with E-state index in [1.165, 1.54) is 11.1 Å². The minimum absolute atomic E-state index is 0.167. The predicted octanol–water partition coefficient (Wildman–Crippen LogP) is 4.46. The van der Waals surface area contributed by atoms with Crippen LogP contribution >= 0.6 is 0 Å². The first-order chi connectivity index (χ1) is 13.7. The van der Waals surface area contributed by atoms with Gasteiger partial charge in [0.25, 0.3) is 0 Å². The molecular weight excluding hydrogens is 348 g/mol. The molecule has 0 atom stereocenters. The molecule has 3 N–H and O–H groups in total. The first kappa shape index (κ1) is 19.5. The monoisotopic (exact) mass is 374 g/mol. The van der Waals surface area contributed by atoms with Crippen LogP contribution in [0.15, 0.2) is 84.9 Å². The van der Waals surface area contributed by atoms with Crippen molar-refractivity contribution >= 4 is 6.03 Å². The molecule has 0 aliphatic heterocycles. The fraction of sp³-hybridized carbons (Fsp3) is 0.208. The number of carbonyl (C=O) groups is 1. The highest BCUT2D eigenvalue weighted by Crippen LogP contribution is 2.27. The number of phenols is 1. The minimum atomic E-state index is -0.167. The average Bonchev–Trinajstić information content (AvgIpc) is 2.73. The van der Waals surface area contributed by atoms with Crippen LogP contribution in [0.4, 0.5) is 4.79 Å². The molecule has 0 bridgehead atoms. The first-order valence-electron chi connectivity index (χ1n) is 9.62. The molecule has 3 aromatic carbocycles. The van der Waals surface area contributed by atoms with Gasteiger partial charge in [-0.15, -0.1) is 0 Å². The van der Waals surface area contributed by atoms with Crippen LogP contribution in [0.1, 0.15) is 29.0 Å². The Morgan fingerprint density at radius 3 is 2.00 bits per heavy atom. The third-order valence-corrected chi connectivity index (χ3v) is 4.73. The van der Waals surface area contributed by atoms with Crippen molar-refractivity contribution in [2.45, 2.75) is 18.8 Å². The zero-order valence-electron chi connectivity index (χ0n) is 15.8. The summed E-state index contributed by atoms with van der Waals surface area (Å²) < 4.78 is 0. The van der Waals surface area contributed by atoms with E-state index in [1.807, 2.05) is 42.5 Å². The molecule has 3 aromatic rings. The summed E-state index contributed by atoms with van der Waals surface area (Å²) in [5, 5.41) is 15.3. The Balaban J connectivity index is 1.48. The van der Waals surface area contributed by atoms with Gasteiger partial charge >= 0.3 is 6.03 Å². The van der Waals surface area contributed by atoms with E-state index in [-0.39, 0.29) is 17.7 Å². The highest BCUT2D eigenvalue weighted by atomic mass is 16.3. The number of amides is 2. The smallest absolute Gasteiger partial charge is 0.314 e. The first-order valence-corrected chi connectivity index (χ1v) is 9.62. The predicted molar refractivity (Wildman–Crippen MR) is 113 cm³/mol. The Labute approximate surface area is 166 Å². The van der Waals surface area contributed by atoms with Crippen molar-refractivity contribution in [2.24, 2.45) is 0 Å². The lowest BCUT2D eigenvalue weighted by Gasteiger charge is -2.18. The zero-order chi connectivity index (χ0) is 19.6. The number of benzene rings is 3. The van der Waals surface area contributed by atoms with Crippen LogP contribution in [0.25, 0.3) is 0 Å². The largest absolute Gasteiger partial charge is 0.508 e. The number of urea groups is 1. The van der Waals surface area contributed by atoms with Crippen molar-refractivity contribution in [3.8, 4) is 5.75 Å². The summed E-state index contributed by atoms with van der Waals surface area (Å²) in [5.41, 5.74) is 3.49. The third-order valence-electron chi connectivity index (χ3n) is 4.73. The van der Waals surface area contributed by atoms with Crippen molar-refractivity contribution in [3.05, 3.63) is 102 Å². The van der Waals surface area contributed by atoms with E-state index in [2.05, 4.69) is 34.9 Å². The summed E-state index contributed by atoms with van der Waals surface area (Å²) >= 11 is 0. The third kappa shape index (κ3) is 5.88. The summed E-state index contributed by atoms with van der Waals surface area (Å²) in [4.78, 5) is 12.1. The summed E-state index contributed by atoms with van der Waals surface area (Å²) in [5.74, 6) is 0.491. The van der Waals surface area contributed by atoms with E-state index in [1.54, 1.807) is 18.2 Å². The van der Waals surface area contributed by atoms with Gasteiger partial charge in [0.15, 0.2) is 0 Å². The van der Waals surface area contributed by atoms with Crippen LogP contribution in [-0.4, -0.2) is 24.2 Å². The molecule has 0 saturated heterocycles. The van der Waals surface area contributed by atoms with E-state index in [9.17, 15) is 9.90 Å². The quantitative estimate of drug-likeness (QED) is 0.545. The number of nitrogens with one attached hydrogen (secondary N) is 2. The molecule has 28 heavy (non-hydrogen) atoms. The highest BCUT2D eigenvalue weighted by Gasteiger charge is 2.14. The average molecular weight is 374 g/mol. The molecule has 0 aliphatic carbocycles. The molecule has 0 fully saturated rings. The SMILES string of the molecule is O=C(NCCc1cccc(O)c1)NCCC(c1ccccc1)c1ccccc1. The normalized spacial score (nSPS) is 10.6. The Hall–Kier alpha value is -3.27. The van der Waals surface area contributed by atoms with E-state index in [0.29, 0.717) is 19.5 Å². The molecule has 3 rings (SSSR count). The van der Waals surface area contributed by atoms with Crippen LogP contribution in [0, 0.1) is 0 Å². The van der Waals surface area contributed by atoms with Crippen LogP contribution < -0.4 is 10.6 Å². The van der Waals surface area contributed by atoms with Crippen LogP contribution in [0.5, 0.6) is 5.75 Å². The summed E-state index contributed by atoms with van der Waals surface area (Å²) in [6.45, 7) is 1.11. The van der Waals surface area contributed by atoms with Crippen LogP contribution in [0.2, 0.25) is 0 Å². The maximum atomic E-state index is 12.1. The molecule has 0 unspecified atom stereocenters. The molecule has 0 aromatic heterocycles. The molecule has 4 heteroatoms. The standard InChI is InChI=1S/C24H26N2O2/c27-22-13-7-8-19(18-22)14-16-25-24(28)26-17-15-23(20-9-3-1-4-10-20)21-11-5-2-6-12-21/h1-13,18,23,27H,14-17H2,(H2,25,26,28). The van der Waals surface area contributed by atoms with Gasteiger partial charge in [-0.2, -0.15) is 0 Å². The van der Waals surface area contributed by atoms with E-state index in [4.69, 9.17) is 0 Å². The van der Waals surface area contributed by atoms with Crippen molar-refractivity contribution in [2.75, 3.05) is 13.1 Å². The summed E-state index contributed by atoms with van der Waals surface area (Å²) in [6.07, 6.45) is 1.51. The number of phenolic OH excluding ortho intramolecular Hbond substituents is 1. The van der Waals surface area contributed by atoms with Crippen molar-refractivity contribution in [3.63, 3.8) is 0 Å². The number of rotatable bonds is 8. The lowest BCUT2D eigenvalue weighted by atomic mass is 9.88. The highest BCUT2D eigenvalue weighted by molar-refractivity contribution is 5.73. The fourth-order valence-electron chi connectivity index (χ4n) is 3.32. The van der Waals surface area contributed by atoms with Gasteiger partial charge in [0, 0.05) is 19.0 Å². The van der Waals surface area contributed by atoms with Crippen molar-refractivity contribution in [1.82, 2.24) is 10.6 Å². The Morgan fingerprint density at radius 2 is 1.39 bits per heavy atom. The molecule has 0 spiro atoms. The van der Waals surface area contributed by atoms with Gasteiger partial charge in [-0.05, 0) is 41.7 Å². The number of hydrogen-bond acceptors (Lipinski definition) is 2. The molecule has 0 aliphatic rings. The molecule has 0 radical (unpaired) electrons. The number of carbonyl (C=O) groups excluding carboxylic acids is 1. The molecule has 0 heterocycles. The Kier molecular flexibility index (Phi) is 7.08. The lowest BCUT2D eigenvalue weighted by Crippen LogP contribution is -2.37. The minimum Gasteiger partial charge on any atom is -0.508 e. The molecule has 2 amide bonds.